The summed E-state index contributed by atoms with van der Waals surface area (Å²) in [5.74, 6) is -3.55. The van der Waals surface area contributed by atoms with Crippen molar-refractivity contribution in [2.45, 2.75) is 51.4 Å². The van der Waals surface area contributed by atoms with Crippen molar-refractivity contribution in [3.8, 4) is 5.75 Å². The smallest absolute Gasteiger partial charge is 0.444 e. The van der Waals surface area contributed by atoms with Crippen LogP contribution in [0.25, 0.3) is 0 Å². The predicted octanol–water partition coefficient (Wildman–Crippen LogP) is 4.01. The Hall–Kier alpha value is -2.59. The number of amides is 2. The van der Waals surface area contributed by atoms with Crippen LogP contribution in [0.15, 0.2) is 18.2 Å². The van der Waals surface area contributed by atoms with Crippen LogP contribution in [0.5, 0.6) is 5.75 Å². The van der Waals surface area contributed by atoms with Gasteiger partial charge >= 0.3 is 12.5 Å². The zero-order valence-electron chi connectivity index (χ0n) is 15.3. The Morgan fingerprint density at radius 1 is 1.21 bits per heavy atom. The second kappa shape index (κ2) is 7.80. The minimum Gasteiger partial charge on any atom is -0.444 e. The zero-order chi connectivity index (χ0) is 21.3. The van der Waals surface area contributed by atoms with E-state index in [2.05, 4.69) is 10.1 Å². The number of carbonyl (C=O) groups is 2. The van der Waals surface area contributed by atoms with E-state index in [-0.39, 0.29) is 6.42 Å². The van der Waals surface area contributed by atoms with Gasteiger partial charge in [0.05, 0.1) is 12.2 Å². The Morgan fingerprint density at radius 3 is 2.43 bits per heavy atom. The van der Waals surface area contributed by atoms with Crippen LogP contribution in [-0.2, 0) is 9.53 Å². The molecule has 0 unspecified atom stereocenters. The molecule has 1 heterocycles. The van der Waals surface area contributed by atoms with Crippen LogP contribution in [0, 0.1) is 5.82 Å². The Kier molecular flexibility index (Phi) is 6.05. The SMILES string of the molecule is CC(C)(C)OC(=O)N1C[C@H](F)C[C@@H]1C(=O)Nc1cccc(OC(F)(F)F)c1F. The highest BCUT2D eigenvalue weighted by Crippen LogP contribution is 2.30. The van der Waals surface area contributed by atoms with Crippen LogP contribution >= 0.6 is 0 Å². The van der Waals surface area contributed by atoms with E-state index in [9.17, 15) is 31.5 Å². The van der Waals surface area contributed by atoms with E-state index in [1.165, 1.54) is 0 Å². The molecule has 0 radical (unpaired) electrons. The first kappa shape index (κ1) is 21.7. The van der Waals surface area contributed by atoms with Crippen LogP contribution in [-0.4, -0.2) is 47.6 Å². The molecule has 1 aromatic carbocycles. The topological polar surface area (TPSA) is 67.9 Å². The van der Waals surface area contributed by atoms with Crippen LogP contribution in [0.2, 0.25) is 0 Å². The van der Waals surface area contributed by atoms with Crippen LogP contribution in [0.3, 0.4) is 0 Å². The highest BCUT2D eigenvalue weighted by Gasteiger charge is 2.42. The third kappa shape index (κ3) is 5.70. The van der Waals surface area contributed by atoms with Gasteiger partial charge in [0.25, 0.3) is 0 Å². The molecule has 2 atom stereocenters. The molecule has 2 amide bonds. The first-order chi connectivity index (χ1) is 12.8. The van der Waals surface area contributed by atoms with Gasteiger partial charge in [-0.2, -0.15) is 0 Å². The van der Waals surface area contributed by atoms with Gasteiger partial charge in [0, 0.05) is 6.42 Å². The van der Waals surface area contributed by atoms with Crippen molar-refractivity contribution in [1.82, 2.24) is 4.90 Å². The predicted molar refractivity (Wildman–Crippen MR) is 88.0 cm³/mol. The number of halogens is 5. The quantitative estimate of drug-likeness (QED) is 0.765. The number of nitrogens with zero attached hydrogens (tertiary/aromatic N) is 1. The molecular formula is C17H19F5N2O4. The molecule has 1 N–H and O–H groups in total. The summed E-state index contributed by atoms with van der Waals surface area (Å²) in [6.07, 6.45) is -7.91. The lowest BCUT2D eigenvalue weighted by Gasteiger charge is -2.27. The van der Waals surface area contributed by atoms with Crippen LogP contribution < -0.4 is 10.1 Å². The molecule has 0 aromatic heterocycles. The molecule has 0 saturated carbocycles. The van der Waals surface area contributed by atoms with Gasteiger partial charge in [0.1, 0.15) is 17.8 Å². The molecule has 6 nitrogen and oxygen atoms in total. The van der Waals surface area contributed by atoms with E-state index in [0.29, 0.717) is 0 Å². The number of ether oxygens (including phenoxy) is 2. The van der Waals surface area contributed by atoms with E-state index < -0.39 is 60.0 Å². The van der Waals surface area contributed by atoms with Gasteiger partial charge in [-0.25, -0.2) is 13.6 Å². The van der Waals surface area contributed by atoms with Gasteiger partial charge in [-0.1, -0.05) is 6.07 Å². The lowest BCUT2D eigenvalue weighted by molar-refractivity contribution is -0.275. The molecule has 156 valence electrons. The van der Waals surface area contributed by atoms with Gasteiger partial charge in [-0.15, -0.1) is 13.2 Å². The number of alkyl halides is 4. The fourth-order valence-electron chi connectivity index (χ4n) is 2.58. The van der Waals surface area contributed by atoms with Crippen molar-refractivity contribution in [3.63, 3.8) is 0 Å². The van der Waals surface area contributed by atoms with E-state index >= 15 is 0 Å². The van der Waals surface area contributed by atoms with Gasteiger partial charge in [-0.3, -0.25) is 9.69 Å². The number of likely N-dealkylation sites (tertiary alicyclic amines) is 1. The van der Waals surface area contributed by atoms with E-state index in [4.69, 9.17) is 4.74 Å². The number of carbonyl (C=O) groups excluding carboxylic acids is 2. The molecule has 1 aliphatic rings. The standard InChI is InChI=1S/C17H19F5N2O4/c1-16(2,3)28-15(26)24-8-9(18)7-11(24)14(25)23-10-5-4-6-12(13(10)19)27-17(20,21)22/h4-6,9,11H,7-8H2,1-3H3,(H,23,25)/t9-,11-/m1/s1. The molecule has 2 rings (SSSR count). The zero-order valence-corrected chi connectivity index (χ0v) is 15.3. The summed E-state index contributed by atoms with van der Waals surface area (Å²) in [6.45, 7) is 4.37. The number of hydrogen-bond acceptors (Lipinski definition) is 4. The summed E-state index contributed by atoms with van der Waals surface area (Å²) in [4.78, 5) is 25.5. The van der Waals surface area contributed by atoms with Crippen molar-refractivity contribution in [2.75, 3.05) is 11.9 Å². The lowest BCUT2D eigenvalue weighted by Crippen LogP contribution is -2.45. The van der Waals surface area contributed by atoms with Crippen molar-refractivity contribution in [3.05, 3.63) is 24.0 Å². The van der Waals surface area contributed by atoms with E-state index in [0.717, 1.165) is 23.1 Å². The Balaban J connectivity index is 2.17. The molecule has 1 aliphatic heterocycles. The van der Waals surface area contributed by atoms with Gasteiger partial charge in [0.15, 0.2) is 11.6 Å². The summed E-state index contributed by atoms with van der Waals surface area (Å²) in [7, 11) is 0. The monoisotopic (exact) mass is 410 g/mol. The Morgan fingerprint density at radius 2 is 1.86 bits per heavy atom. The molecule has 28 heavy (non-hydrogen) atoms. The van der Waals surface area contributed by atoms with Crippen LogP contribution in [0.4, 0.5) is 32.4 Å². The maximum Gasteiger partial charge on any atom is 0.573 e. The maximum absolute atomic E-state index is 14.2. The van der Waals surface area contributed by atoms with Crippen molar-refractivity contribution in [2.24, 2.45) is 0 Å². The number of anilines is 1. The maximum atomic E-state index is 14.2. The average Bonchev–Trinajstić information content (AvgIpc) is 2.90. The number of nitrogens with one attached hydrogen (secondary N) is 1. The molecular weight excluding hydrogens is 391 g/mol. The third-order valence-corrected chi connectivity index (χ3v) is 3.63. The minimum absolute atomic E-state index is 0.356. The summed E-state index contributed by atoms with van der Waals surface area (Å²) in [5.41, 5.74) is -1.49. The third-order valence-electron chi connectivity index (χ3n) is 3.63. The number of hydrogen-bond donors (Lipinski definition) is 1. The second-order valence-electron chi connectivity index (χ2n) is 7.14. The highest BCUT2D eigenvalue weighted by molar-refractivity contribution is 5.97. The molecule has 0 spiro atoms. The fraction of sp³-hybridized carbons (Fsp3) is 0.529. The van der Waals surface area contributed by atoms with Crippen LogP contribution in [0.1, 0.15) is 27.2 Å². The normalized spacial score (nSPS) is 20.1. The largest absolute Gasteiger partial charge is 0.573 e. The highest BCUT2D eigenvalue weighted by atomic mass is 19.4. The average molecular weight is 410 g/mol. The summed E-state index contributed by atoms with van der Waals surface area (Å²) in [5, 5.41) is 2.07. The fourth-order valence-corrected chi connectivity index (χ4v) is 2.58. The minimum atomic E-state index is -5.12. The van der Waals surface area contributed by atoms with E-state index in [1.54, 1.807) is 20.8 Å². The molecule has 0 bridgehead atoms. The summed E-state index contributed by atoms with van der Waals surface area (Å²) < 4.78 is 73.6. The van der Waals surface area contributed by atoms with Crippen molar-refractivity contribution >= 4 is 17.7 Å². The molecule has 0 aliphatic carbocycles. The first-order valence-corrected chi connectivity index (χ1v) is 8.25. The Labute approximate surface area is 157 Å². The molecule has 1 saturated heterocycles. The summed E-state index contributed by atoms with van der Waals surface area (Å²) in [6, 6.07) is 1.48. The molecule has 11 heteroatoms. The van der Waals surface area contributed by atoms with Gasteiger partial charge in [-0.05, 0) is 32.9 Å². The first-order valence-electron chi connectivity index (χ1n) is 8.25. The second-order valence-corrected chi connectivity index (χ2v) is 7.14. The van der Waals surface area contributed by atoms with Gasteiger partial charge < -0.3 is 14.8 Å². The van der Waals surface area contributed by atoms with Gasteiger partial charge in [0.2, 0.25) is 5.91 Å². The van der Waals surface area contributed by atoms with Crippen molar-refractivity contribution in [1.29, 1.82) is 0 Å². The molecule has 1 fully saturated rings. The molecule has 1 aromatic rings. The van der Waals surface area contributed by atoms with Crippen molar-refractivity contribution < 1.29 is 41.0 Å². The Bertz CT molecular complexity index is 748. The summed E-state index contributed by atoms with van der Waals surface area (Å²) >= 11 is 0. The number of benzene rings is 1. The van der Waals surface area contributed by atoms with E-state index in [1.807, 2.05) is 0 Å². The lowest BCUT2D eigenvalue weighted by atomic mass is 10.2. The number of rotatable bonds is 3.